The number of carbonyl (C=O) groups excluding carboxylic acids is 1. The van der Waals surface area contributed by atoms with Gasteiger partial charge in [0.2, 0.25) is 0 Å². The van der Waals surface area contributed by atoms with Gasteiger partial charge in [0.1, 0.15) is 6.10 Å². The van der Waals surface area contributed by atoms with Crippen LogP contribution in [0.25, 0.3) is 0 Å². The summed E-state index contributed by atoms with van der Waals surface area (Å²) in [5, 5.41) is 0. The molecule has 1 aliphatic heterocycles. The van der Waals surface area contributed by atoms with Gasteiger partial charge in [-0.15, -0.1) is 0 Å². The second-order valence-electron chi connectivity index (χ2n) is 3.79. The summed E-state index contributed by atoms with van der Waals surface area (Å²) in [5.41, 5.74) is -0.0608. The molecule has 1 heterocycles. The van der Waals surface area contributed by atoms with Crippen molar-refractivity contribution in [2.24, 2.45) is 5.92 Å². The number of epoxide rings is 1. The monoisotopic (exact) mass is 140 g/mol. The van der Waals surface area contributed by atoms with Gasteiger partial charge in [0.05, 0.1) is 5.60 Å². The van der Waals surface area contributed by atoms with Crippen LogP contribution in [0.3, 0.4) is 0 Å². The lowest BCUT2D eigenvalue weighted by Gasteiger charge is -2.17. The van der Waals surface area contributed by atoms with E-state index in [1.807, 2.05) is 6.92 Å². The zero-order chi connectivity index (χ0) is 7.35. The van der Waals surface area contributed by atoms with Crippen LogP contribution in [0.2, 0.25) is 0 Å². The molecule has 1 saturated carbocycles. The summed E-state index contributed by atoms with van der Waals surface area (Å²) in [7, 11) is 0. The molecule has 3 unspecified atom stereocenters. The molecule has 2 aliphatic rings. The van der Waals surface area contributed by atoms with Gasteiger partial charge in [-0.05, 0) is 19.3 Å². The molecule has 2 fully saturated rings. The summed E-state index contributed by atoms with van der Waals surface area (Å²) < 4.78 is 5.30. The van der Waals surface area contributed by atoms with Gasteiger partial charge in [-0.25, -0.2) is 0 Å². The Labute approximate surface area is 60.6 Å². The molecular weight excluding hydrogens is 128 g/mol. The lowest BCUT2D eigenvalue weighted by atomic mass is 9.83. The van der Waals surface area contributed by atoms with Crippen LogP contribution in [0.5, 0.6) is 0 Å². The van der Waals surface area contributed by atoms with Gasteiger partial charge in [0, 0.05) is 6.42 Å². The van der Waals surface area contributed by atoms with E-state index >= 15 is 0 Å². The highest BCUT2D eigenvalue weighted by Gasteiger charge is 2.59. The molecule has 0 radical (unpaired) electrons. The van der Waals surface area contributed by atoms with Gasteiger partial charge in [-0.3, -0.25) is 4.79 Å². The third-order valence-electron chi connectivity index (χ3n) is 2.48. The minimum atomic E-state index is -0.0608. The third kappa shape index (κ3) is 0.717. The summed E-state index contributed by atoms with van der Waals surface area (Å²) in [6.45, 7) is 4.15. The van der Waals surface area contributed by atoms with Crippen molar-refractivity contribution in [3.63, 3.8) is 0 Å². The SMILES string of the molecule is CC1CC(=O)C2OC2(C)C1. The van der Waals surface area contributed by atoms with E-state index in [4.69, 9.17) is 4.74 Å². The van der Waals surface area contributed by atoms with Gasteiger partial charge >= 0.3 is 0 Å². The van der Waals surface area contributed by atoms with Crippen LogP contribution in [0.15, 0.2) is 0 Å². The average molecular weight is 140 g/mol. The molecule has 2 rings (SSSR count). The maximum absolute atomic E-state index is 11.1. The Morgan fingerprint density at radius 3 is 3.00 bits per heavy atom. The minimum Gasteiger partial charge on any atom is -0.358 e. The van der Waals surface area contributed by atoms with Crippen molar-refractivity contribution >= 4 is 5.78 Å². The molecule has 10 heavy (non-hydrogen) atoms. The van der Waals surface area contributed by atoms with E-state index < -0.39 is 0 Å². The number of fused-ring (bicyclic) bond motifs is 1. The van der Waals surface area contributed by atoms with E-state index in [1.165, 1.54) is 0 Å². The number of ether oxygens (including phenoxy) is 1. The zero-order valence-corrected chi connectivity index (χ0v) is 6.39. The largest absolute Gasteiger partial charge is 0.358 e. The Hall–Kier alpha value is -0.370. The van der Waals surface area contributed by atoms with Crippen molar-refractivity contribution in [3.05, 3.63) is 0 Å². The molecule has 0 aromatic carbocycles. The predicted molar refractivity (Wildman–Crippen MR) is 36.7 cm³/mol. The van der Waals surface area contributed by atoms with Crippen molar-refractivity contribution in [3.8, 4) is 0 Å². The van der Waals surface area contributed by atoms with E-state index in [-0.39, 0.29) is 11.7 Å². The number of hydrogen-bond donors (Lipinski definition) is 0. The summed E-state index contributed by atoms with van der Waals surface area (Å²) in [6, 6.07) is 0. The van der Waals surface area contributed by atoms with Gasteiger partial charge in [0.15, 0.2) is 5.78 Å². The zero-order valence-electron chi connectivity index (χ0n) is 6.39. The molecule has 0 aromatic rings. The van der Waals surface area contributed by atoms with Gasteiger partial charge < -0.3 is 4.74 Å². The first-order valence-corrected chi connectivity index (χ1v) is 3.82. The van der Waals surface area contributed by atoms with Crippen molar-refractivity contribution in [2.75, 3.05) is 0 Å². The number of Topliss-reactive ketones (excluding diaryl/α,β-unsaturated/α-hetero) is 1. The lowest BCUT2D eigenvalue weighted by Crippen LogP contribution is -2.28. The van der Waals surface area contributed by atoms with Gasteiger partial charge in [-0.1, -0.05) is 6.92 Å². The van der Waals surface area contributed by atoms with Crippen LogP contribution in [-0.4, -0.2) is 17.5 Å². The molecule has 56 valence electrons. The quantitative estimate of drug-likeness (QED) is 0.472. The van der Waals surface area contributed by atoms with E-state index in [2.05, 4.69) is 6.92 Å². The van der Waals surface area contributed by atoms with Crippen molar-refractivity contribution in [1.82, 2.24) is 0 Å². The fraction of sp³-hybridized carbons (Fsp3) is 0.875. The number of rotatable bonds is 0. The molecule has 0 N–H and O–H groups in total. The van der Waals surface area contributed by atoms with E-state index in [9.17, 15) is 4.79 Å². The summed E-state index contributed by atoms with van der Waals surface area (Å²) in [6.07, 6.45) is 1.74. The highest BCUT2D eigenvalue weighted by molar-refractivity contribution is 5.88. The Bertz CT molecular complexity index is 188. The van der Waals surface area contributed by atoms with Crippen LogP contribution in [0.1, 0.15) is 26.7 Å². The Kier molecular flexibility index (Phi) is 1.03. The molecule has 0 spiro atoms. The minimum absolute atomic E-state index is 0.0382. The van der Waals surface area contributed by atoms with Crippen LogP contribution >= 0.6 is 0 Å². The molecule has 1 aliphatic carbocycles. The summed E-state index contributed by atoms with van der Waals surface area (Å²) in [4.78, 5) is 11.1. The average Bonchev–Trinajstić information content (AvgIpc) is 2.39. The Balaban J connectivity index is 2.15. The predicted octanol–water partition coefficient (Wildman–Crippen LogP) is 1.14. The fourth-order valence-corrected chi connectivity index (χ4v) is 2.01. The van der Waals surface area contributed by atoms with E-state index in [0.29, 0.717) is 11.7 Å². The first kappa shape index (κ1) is 6.35. The van der Waals surface area contributed by atoms with Crippen LogP contribution < -0.4 is 0 Å². The summed E-state index contributed by atoms with van der Waals surface area (Å²) in [5.74, 6) is 0.831. The van der Waals surface area contributed by atoms with E-state index in [1.54, 1.807) is 0 Å². The second kappa shape index (κ2) is 1.62. The third-order valence-corrected chi connectivity index (χ3v) is 2.48. The molecular formula is C8H12O2. The van der Waals surface area contributed by atoms with Crippen molar-refractivity contribution < 1.29 is 9.53 Å². The molecule has 0 amide bonds. The first-order valence-electron chi connectivity index (χ1n) is 3.82. The lowest BCUT2D eigenvalue weighted by molar-refractivity contribution is -0.121. The number of ketones is 1. The maximum atomic E-state index is 11.1. The molecule has 0 bridgehead atoms. The topological polar surface area (TPSA) is 29.6 Å². The standard InChI is InChI=1S/C8H12O2/c1-5-3-6(9)7-8(2,4-5)10-7/h5,7H,3-4H2,1-2H3. The highest BCUT2D eigenvalue weighted by Crippen LogP contribution is 2.47. The van der Waals surface area contributed by atoms with Crippen LogP contribution in [-0.2, 0) is 9.53 Å². The highest BCUT2D eigenvalue weighted by atomic mass is 16.6. The number of carbonyl (C=O) groups is 1. The molecule has 1 saturated heterocycles. The van der Waals surface area contributed by atoms with Gasteiger partial charge in [0.25, 0.3) is 0 Å². The van der Waals surface area contributed by atoms with Crippen molar-refractivity contribution in [1.29, 1.82) is 0 Å². The maximum Gasteiger partial charge on any atom is 0.164 e. The van der Waals surface area contributed by atoms with E-state index in [0.717, 1.165) is 12.8 Å². The molecule has 2 heteroatoms. The second-order valence-corrected chi connectivity index (χ2v) is 3.79. The Morgan fingerprint density at radius 1 is 1.70 bits per heavy atom. The molecule has 2 nitrogen and oxygen atoms in total. The fourth-order valence-electron chi connectivity index (χ4n) is 2.01. The van der Waals surface area contributed by atoms with Crippen molar-refractivity contribution in [2.45, 2.75) is 38.4 Å². The van der Waals surface area contributed by atoms with Gasteiger partial charge in [-0.2, -0.15) is 0 Å². The first-order chi connectivity index (χ1) is 4.62. The molecule has 3 atom stereocenters. The van der Waals surface area contributed by atoms with Crippen LogP contribution in [0, 0.1) is 5.92 Å². The number of hydrogen-bond acceptors (Lipinski definition) is 2. The Morgan fingerprint density at radius 2 is 2.40 bits per heavy atom. The molecule has 0 aromatic heterocycles. The summed E-state index contributed by atoms with van der Waals surface area (Å²) >= 11 is 0. The smallest absolute Gasteiger partial charge is 0.164 e. The normalized spacial score (nSPS) is 52.4. The van der Waals surface area contributed by atoms with Crippen LogP contribution in [0.4, 0.5) is 0 Å².